The van der Waals surface area contributed by atoms with Crippen molar-refractivity contribution in [2.75, 3.05) is 7.11 Å². The zero-order chi connectivity index (χ0) is 21.9. The third-order valence-electron chi connectivity index (χ3n) is 6.32. The Morgan fingerprint density at radius 2 is 1.37 bits per heavy atom. The maximum atomic E-state index is 12.2. The van der Waals surface area contributed by atoms with E-state index in [4.69, 9.17) is 9.47 Å². The van der Waals surface area contributed by atoms with E-state index in [2.05, 4.69) is 0 Å². The van der Waals surface area contributed by atoms with E-state index < -0.39 is 44.1 Å². The standard InChI is InChI=1S/C23H32O6Si/c1-23(2,15-14-18-19(24)20(25)21(26)22(28-3)29-18)30(27,16-10-6-4-7-11-16)17-12-8-5-9-13-17/h4-13,18-22,24-27H,14-15H2,1-3H3/t18?,19-,20?,21?,22+/m1/s1. The van der Waals surface area contributed by atoms with Crippen LogP contribution in [-0.4, -0.2) is 66.2 Å². The SMILES string of the molecule is CO[C@H]1OC(CCC(C)(C)[Si](O)(c2ccccc2)c2ccccc2)[C@@H](O)C(O)C1O. The van der Waals surface area contributed by atoms with Gasteiger partial charge in [0.2, 0.25) is 0 Å². The van der Waals surface area contributed by atoms with Crippen LogP contribution in [0.2, 0.25) is 5.04 Å². The molecule has 1 aliphatic rings. The molecule has 0 aromatic heterocycles. The molecule has 1 fully saturated rings. The van der Waals surface area contributed by atoms with E-state index in [1.54, 1.807) is 0 Å². The number of methoxy groups -OCH3 is 1. The van der Waals surface area contributed by atoms with E-state index in [0.717, 1.165) is 10.4 Å². The van der Waals surface area contributed by atoms with Gasteiger partial charge in [-0.25, -0.2) is 0 Å². The van der Waals surface area contributed by atoms with Crippen LogP contribution in [0.3, 0.4) is 0 Å². The Kier molecular flexibility index (Phi) is 7.14. The van der Waals surface area contributed by atoms with Crippen molar-refractivity contribution >= 4 is 18.7 Å². The van der Waals surface area contributed by atoms with Crippen molar-refractivity contribution in [2.24, 2.45) is 0 Å². The van der Waals surface area contributed by atoms with Crippen LogP contribution in [0.5, 0.6) is 0 Å². The minimum atomic E-state index is -3.17. The molecule has 2 aromatic carbocycles. The Hall–Kier alpha value is -1.58. The zero-order valence-corrected chi connectivity index (χ0v) is 18.7. The summed E-state index contributed by atoms with van der Waals surface area (Å²) in [5.74, 6) is 0. The smallest absolute Gasteiger partial charge is 0.258 e. The first-order valence-corrected chi connectivity index (χ1v) is 12.2. The molecule has 0 spiro atoms. The zero-order valence-electron chi connectivity index (χ0n) is 17.7. The molecular formula is C23H32O6Si. The summed E-state index contributed by atoms with van der Waals surface area (Å²) < 4.78 is 10.8. The predicted molar refractivity (Wildman–Crippen MR) is 117 cm³/mol. The molecule has 7 heteroatoms. The highest BCUT2D eigenvalue weighted by Gasteiger charge is 2.51. The number of hydrogen-bond donors (Lipinski definition) is 4. The molecule has 4 N–H and O–H groups in total. The van der Waals surface area contributed by atoms with Crippen LogP contribution < -0.4 is 10.4 Å². The van der Waals surface area contributed by atoms with Crippen molar-refractivity contribution < 1.29 is 29.6 Å². The summed E-state index contributed by atoms with van der Waals surface area (Å²) in [6.07, 6.45) is -4.67. The van der Waals surface area contributed by atoms with Gasteiger partial charge in [0.1, 0.15) is 18.3 Å². The highest BCUT2D eigenvalue weighted by Crippen LogP contribution is 2.41. The fraction of sp³-hybridized carbons (Fsp3) is 0.478. The van der Waals surface area contributed by atoms with Gasteiger partial charge in [0.15, 0.2) is 6.29 Å². The molecule has 30 heavy (non-hydrogen) atoms. The van der Waals surface area contributed by atoms with E-state index in [9.17, 15) is 20.1 Å². The number of hydrogen-bond acceptors (Lipinski definition) is 6. The van der Waals surface area contributed by atoms with Gasteiger partial charge in [-0.2, -0.15) is 0 Å². The Balaban J connectivity index is 1.88. The first-order valence-electron chi connectivity index (χ1n) is 10.3. The molecule has 5 atom stereocenters. The average Bonchev–Trinajstić information content (AvgIpc) is 2.77. The Morgan fingerprint density at radius 1 is 0.867 bits per heavy atom. The average molecular weight is 433 g/mol. The number of benzene rings is 2. The van der Waals surface area contributed by atoms with Crippen molar-refractivity contribution in [1.82, 2.24) is 0 Å². The molecule has 164 valence electrons. The fourth-order valence-electron chi connectivity index (χ4n) is 4.34. The summed E-state index contributed by atoms with van der Waals surface area (Å²) in [5.41, 5.74) is 0. The first kappa shape index (κ1) is 23.1. The summed E-state index contributed by atoms with van der Waals surface area (Å²) in [7, 11) is -1.79. The van der Waals surface area contributed by atoms with Crippen molar-refractivity contribution in [2.45, 2.75) is 62.4 Å². The summed E-state index contributed by atoms with van der Waals surface area (Å²) in [6.45, 7) is 4.07. The van der Waals surface area contributed by atoms with E-state index in [1.165, 1.54) is 7.11 Å². The van der Waals surface area contributed by atoms with Crippen LogP contribution in [-0.2, 0) is 9.47 Å². The maximum absolute atomic E-state index is 12.2. The van der Waals surface area contributed by atoms with Gasteiger partial charge < -0.3 is 29.6 Å². The molecule has 1 heterocycles. The second kappa shape index (κ2) is 9.28. The van der Waals surface area contributed by atoms with Crippen molar-refractivity contribution in [3.05, 3.63) is 60.7 Å². The quantitative estimate of drug-likeness (QED) is 0.482. The molecule has 0 amide bonds. The summed E-state index contributed by atoms with van der Waals surface area (Å²) in [5, 5.41) is 31.9. The van der Waals surface area contributed by atoms with Gasteiger partial charge in [-0.1, -0.05) is 74.5 Å². The third-order valence-corrected chi connectivity index (χ3v) is 10.9. The molecule has 0 saturated carbocycles. The normalized spacial score (nSPS) is 27.8. The molecule has 0 radical (unpaired) electrons. The Labute approximate surface area is 178 Å². The van der Waals surface area contributed by atoms with Gasteiger partial charge in [0.25, 0.3) is 8.32 Å². The molecular weight excluding hydrogens is 400 g/mol. The predicted octanol–water partition coefficient (Wildman–Crippen LogP) is 0.753. The minimum Gasteiger partial charge on any atom is -0.424 e. The lowest BCUT2D eigenvalue weighted by atomic mass is 9.93. The van der Waals surface area contributed by atoms with Crippen molar-refractivity contribution in [1.29, 1.82) is 0 Å². The molecule has 1 aliphatic heterocycles. The highest BCUT2D eigenvalue weighted by molar-refractivity contribution is 6.98. The van der Waals surface area contributed by atoms with Gasteiger partial charge in [-0.05, 0) is 28.3 Å². The molecule has 3 unspecified atom stereocenters. The second-order valence-corrected chi connectivity index (χ2v) is 12.5. The molecule has 0 bridgehead atoms. The van der Waals surface area contributed by atoms with Crippen molar-refractivity contribution in [3.8, 4) is 0 Å². The van der Waals surface area contributed by atoms with E-state index in [1.807, 2.05) is 74.5 Å². The number of aliphatic hydroxyl groups excluding tert-OH is 3. The lowest BCUT2D eigenvalue weighted by Gasteiger charge is -2.44. The topological polar surface area (TPSA) is 99.4 Å². The third kappa shape index (κ3) is 4.24. The van der Waals surface area contributed by atoms with Gasteiger partial charge in [0.05, 0.1) is 6.10 Å². The number of rotatable bonds is 7. The van der Waals surface area contributed by atoms with Gasteiger partial charge >= 0.3 is 0 Å². The maximum Gasteiger partial charge on any atom is 0.258 e. The lowest BCUT2D eigenvalue weighted by molar-refractivity contribution is -0.291. The highest BCUT2D eigenvalue weighted by atomic mass is 28.4. The monoisotopic (exact) mass is 432 g/mol. The number of aliphatic hydroxyl groups is 3. The summed E-state index contributed by atoms with van der Waals surface area (Å²) >= 11 is 0. The summed E-state index contributed by atoms with van der Waals surface area (Å²) in [4.78, 5) is 12.2. The van der Waals surface area contributed by atoms with Crippen LogP contribution in [0.4, 0.5) is 0 Å². The second-order valence-electron chi connectivity index (χ2n) is 8.62. The van der Waals surface area contributed by atoms with Crippen LogP contribution in [0, 0.1) is 0 Å². The lowest BCUT2D eigenvalue weighted by Crippen LogP contribution is -2.65. The minimum absolute atomic E-state index is 0.396. The van der Waals surface area contributed by atoms with E-state index >= 15 is 0 Å². The number of ether oxygens (including phenoxy) is 2. The largest absolute Gasteiger partial charge is 0.424 e. The fourth-order valence-corrected chi connectivity index (χ4v) is 8.09. The van der Waals surface area contributed by atoms with Crippen LogP contribution >= 0.6 is 0 Å². The molecule has 0 aliphatic carbocycles. The van der Waals surface area contributed by atoms with Crippen LogP contribution in [0.1, 0.15) is 26.7 Å². The van der Waals surface area contributed by atoms with Gasteiger partial charge in [-0.3, -0.25) is 0 Å². The van der Waals surface area contributed by atoms with E-state index in [0.29, 0.717) is 12.8 Å². The summed E-state index contributed by atoms with van der Waals surface area (Å²) in [6, 6.07) is 19.5. The molecule has 1 saturated heterocycles. The van der Waals surface area contributed by atoms with Crippen LogP contribution in [0.25, 0.3) is 0 Å². The first-order chi connectivity index (χ1) is 14.2. The molecule has 2 aromatic rings. The van der Waals surface area contributed by atoms with Gasteiger partial charge in [-0.15, -0.1) is 0 Å². The molecule has 3 rings (SSSR count). The van der Waals surface area contributed by atoms with Gasteiger partial charge in [0, 0.05) is 7.11 Å². The van der Waals surface area contributed by atoms with Crippen LogP contribution in [0.15, 0.2) is 60.7 Å². The van der Waals surface area contributed by atoms with Crippen molar-refractivity contribution in [3.63, 3.8) is 0 Å². The Morgan fingerprint density at radius 3 is 1.83 bits per heavy atom. The van der Waals surface area contributed by atoms with E-state index in [-0.39, 0.29) is 0 Å². The Bertz CT molecular complexity index is 758. The molecule has 6 nitrogen and oxygen atoms in total.